The number of rotatable bonds is 9. The smallest absolute Gasteiger partial charge is 0.242 e. The summed E-state index contributed by atoms with van der Waals surface area (Å²) in [5.74, 6) is 0.258. The first-order chi connectivity index (χ1) is 13.8. The first kappa shape index (κ1) is 22.7. The van der Waals surface area contributed by atoms with Crippen molar-refractivity contribution < 1.29 is 9.59 Å². The number of amides is 2. The van der Waals surface area contributed by atoms with Gasteiger partial charge in [-0.2, -0.15) is 0 Å². The van der Waals surface area contributed by atoms with Crippen LogP contribution in [-0.2, 0) is 22.4 Å². The minimum absolute atomic E-state index is 0.0156. The van der Waals surface area contributed by atoms with E-state index in [4.69, 9.17) is 0 Å². The SMILES string of the molecule is Cc1cc(C)cc(CC(=O)N(CCc2ccccc2)C(C)C(=O)NCC(C)C)c1. The Morgan fingerprint density at radius 1 is 0.931 bits per heavy atom. The molecule has 0 spiro atoms. The van der Waals surface area contributed by atoms with Crippen molar-refractivity contribution in [3.8, 4) is 0 Å². The Balaban J connectivity index is 2.15. The van der Waals surface area contributed by atoms with Crippen LogP contribution in [0.5, 0.6) is 0 Å². The number of nitrogens with zero attached hydrogens (tertiary/aromatic N) is 1. The summed E-state index contributed by atoms with van der Waals surface area (Å²) in [6.07, 6.45) is 1.03. The molecule has 0 fully saturated rings. The molecule has 0 aliphatic heterocycles. The number of aryl methyl sites for hydroxylation is 2. The van der Waals surface area contributed by atoms with Crippen molar-refractivity contribution in [3.63, 3.8) is 0 Å². The summed E-state index contributed by atoms with van der Waals surface area (Å²) < 4.78 is 0. The van der Waals surface area contributed by atoms with Crippen LogP contribution in [0, 0.1) is 19.8 Å². The Bertz CT molecular complexity index is 795. The van der Waals surface area contributed by atoms with Crippen molar-refractivity contribution in [2.45, 2.75) is 53.5 Å². The van der Waals surface area contributed by atoms with E-state index in [1.54, 1.807) is 4.90 Å². The van der Waals surface area contributed by atoms with E-state index in [0.717, 1.165) is 28.7 Å². The summed E-state index contributed by atoms with van der Waals surface area (Å²) in [6, 6.07) is 15.8. The van der Waals surface area contributed by atoms with Crippen LogP contribution in [0.15, 0.2) is 48.5 Å². The second kappa shape index (κ2) is 10.8. The number of hydrogen-bond acceptors (Lipinski definition) is 2. The lowest BCUT2D eigenvalue weighted by atomic mass is 10.0. The molecular formula is C25H34N2O2. The molecule has 0 saturated heterocycles. The molecule has 0 saturated carbocycles. The van der Waals surface area contributed by atoms with Crippen molar-refractivity contribution in [2.75, 3.05) is 13.1 Å². The van der Waals surface area contributed by atoms with Crippen LogP contribution in [0.2, 0.25) is 0 Å². The minimum atomic E-state index is -0.504. The molecule has 2 aromatic rings. The van der Waals surface area contributed by atoms with E-state index in [0.29, 0.717) is 25.4 Å². The van der Waals surface area contributed by atoms with Crippen molar-refractivity contribution in [3.05, 3.63) is 70.8 Å². The van der Waals surface area contributed by atoms with Gasteiger partial charge in [-0.25, -0.2) is 0 Å². The Hall–Kier alpha value is -2.62. The summed E-state index contributed by atoms with van der Waals surface area (Å²) >= 11 is 0. The van der Waals surface area contributed by atoms with Gasteiger partial charge >= 0.3 is 0 Å². The van der Waals surface area contributed by atoms with E-state index in [2.05, 4.69) is 37.4 Å². The van der Waals surface area contributed by atoms with E-state index < -0.39 is 6.04 Å². The van der Waals surface area contributed by atoms with Crippen molar-refractivity contribution in [1.29, 1.82) is 0 Å². The van der Waals surface area contributed by atoms with Crippen LogP contribution < -0.4 is 5.32 Å². The molecule has 0 heterocycles. The molecule has 2 aromatic carbocycles. The number of carbonyl (C=O) groups is 2. The van der Waals surface area contributed by atoms with Gasteiger partial charge in [-0.05, 0) is 44.2 Å². The van der Waals surface area contributed by atoms with E-state index in [9.17, 15) is 9.59 Å². The Labute approximate surface area is 175 Å². The number of nitrogens with one attached hydrogen (secondary N) is 1. The van der Waals surface area contributed by atoms with Crippen molar-refractivity contribution >= 4 is 11.8 Å². The zero-order valence-electron chi connectivity index (χ0n) is 18.4. The fraction of sp³-hybridized carbons (Fsp3) is 0.440. The van der Waals surface area contributed by atoms with Crippen LogP contribution in [0.1, 0.15) is 43.0 Å². The monoisotopic (exact) mass is 394 g/mol. The maximum atomic E-state index is 13.2. The predicted octanol–water partition coefficient (Wildman–Crippen LogP) is 4.08. The molecule has 0 aromatic heterocycles. The molecule has 1 N–H and O–H groups in total. The van der Waals surface area contributed by atoms with Gasteiger partial charge in [0.15, 0.2) is 0 Å². The van der Waals surface area contributed by atoms with Gasteiger partial charge in [-0.1, -0.05) is 73.5 Å². The summed E-state index contributed by atoms with van der Waals surface area (Å²) in [4.78, 5) is 27.6. The highest BCUT2D eigenvalue weighted by atomic mass is 16.2. The van der Waals surface area contributed by atoms with Gasteiger partial charge in [0.05, 0.1) is 6.42 Å². The summed E-state index contributed by atoms with van der Waals surface area (Å²) in [5, 5.41) is 2.96. The molecule has 2 rings (SSSR count). The Kier molecular flexibility index (Phi) is 8.44. The molecule has 0 bridgehead atoms. The van der Waals surface area contributed by atoms with Crippen LogP contribution in [0.4, 0.5) is 0 Å². The minimum Gasteiger partial charge on any atom is -0.354 e. The Morgan fingerprint density at radius 3 is 2.14 bits per heavy atom. The van der Waals surface area contributed by atoms with Crippen molar-refractivity contribution in [2.24, 2.45) is 5.92 Å². The topological polar surface area (TPSA) is 49.4 Å². The molecule has 0 radical (unpaired) electrons. The number of benzene rings is 2. The molecule has 29 heavy (non-hydrogen) atoms. The Morgan fingerprint density at radius 2 is 1.55 bits per heavy atom. The lowest BCUT2D eigenvalue weighted by Crippen LogP contribution is -2.49. The summed E-state index contributed by atoms with van der Waals surface area (Å²) in [6.45, 7) is 11.1. The first-order valence-electron chi connectivity index (χ1n) is 10.4. The van der Waals surface area contributed by atoms with Gasteiger partial charge in [0.2, 0.25) is 11.8 Å². The lowest BCUT2D eigenvalue weighted by molar-refractivity contribution is -0.139. The normalized spacial score (nSPS) is 11.9. The second-order valence-corrected chi connectivity index (χ2v) is 8.31. The molecule has 0 aliphatic carbocycles. The predicted molar refractivity (Wildman–Crippen MR) is 119 cm³/mol. The van der Waals surface area contributed by atoms with Gasteiger partial charge in [-0.3, -0.25) is 9.59 Å². The zero-order chi connectivity index (χ0) is 21.4. The number of hydrogen-bond donors (Lipinski definition) is 1. The van der Waals surface area contributed by atoms with Crippen LogP contribution in [-0.4, -0.2) is 35.8 Å². The third-order valence-electron chi connectivity index (χ3n) is 4.97. The largest absolute Gasteiger partial charge is 0.354 e. The van der Waals surface area contributed by atoms with E-state index in [1.807, 2.05) is 51.1 Å². The third kappa shape index (κ3) is 7.37. The zero-order valence-corrected chi connectivity index (χ0v) is 18.4. The average Bonchev–Trinajstić information content (AvgIpc) is 2.66. The lowest BCUT2D eigenvalue weighted by Gasteiger charge is -2.29. The highest BCUT2D eigenvalue weighted by Gasteiger charge is 2.25. The standard InChI is InChI=1S/C25H34N2O2/c1-18(2)17-26-25(29)21(5)27(12-11-22-9-7-6-8-10-22)24(28)16-23-14-19(3)13-20(4)15-23/h6-10,13-15,18,21H,11-12,16-17H2,1-5H3,(H,26,29). The van der Waals surface area contributed by atoms with E-state index in [1.165, 1.54) is 0 Å². The molecule has 0 aliphatic rings. The quantitative estimate of drug-likeness (QED) is 0.697. The van der Waals surface area contributed by atoms with Crippen LogP contribution in [0.3, 0.4) is 0 Å². The molecular weight excluding hydrogens is 360 g/mol. The molecule has 2 amide bonds. The highest BCUT2D eigenvalue weighted by molar-refractivity contribution is 5.88. The summed E-state index contributed by atoms with van der Waals surface area (Å²) in [5.41, 5.74) is 4.44. The van der Waals surface area contributed by atoms with Gasteiger partial charge in [0.25, 0.3) is 0 Å². The average molecular weight is 395 g/mol. The maximum Gasteiger partial charge on any atom is 0.242 e. The van der Waals surface area contributed by atoms with Gasteiger partial charge in [-0.15, -0.1) is 0 Å². The fourth-order valence-electron chi connectivity index (χ4n) is 3.47. The highest BCUT2D eigenvalue weighted by Crippen LogP contribution is 2.13. The van der Waals surface area contributed by atoms with Gasteiger partial charge in [0.1, 0.15) is 6.04 Å². The van der Waals surface area contributed by atoms with Crippen LogP contribution in [0.25, 0.3) is 0 Å². The fourth-order valence-corrected chi connectivity index (χ4v) is 3.47. The molecule has 4 nitrogen and oxygen atoms in total. The van der Waals surface area contributed by atoms with E-state index >= 15 is 0 Å². The van der Waals surface area contributed by atoms with Gasteiger partial charge < -0.3 is 10.2 Å². The van der Waals surface area contributed by atoms with Crippen molar-refractivity contribution in [1.82, 2.24) is 10.2 Å². The number of carbonyl (C=O) groups excluding carboxylic acids is 2. The maximum absolute atomic E-state index is 13.2. The second-order valence-electron chi connectivity index (χ2n) is 8.31. The molecule has 4 heteroatoms. The van der Waals surface area contributed by atoms with Crippen LogP contribution >= 0.6 is 0 Å². The first-order valence-corrected chi connectivity index (χ1v) is 10.4. The molecule has 156 valence electrons. The molecule has 1 atom stereocenters. The summed E-state index contributed by atoms with van der Waals surface area (Å²) in [7, 11) is 0. The third-order valence-corrected chi connectivity index (χ3v) is 4.97. The van der Waals surface area contributed by atoms with Gasteiger partial charge in [0, 0.05) is 13.1 Å². The molecule has 1 unspecified atom stereocenters. The van der Waals surface area contributed by atoms with E-state index in [-0.39, 0.29) is 11.8 Å².